The Hall–Kier alpha value is -3.40. The van der Waals surface area contributed by atoms with Crippen molar-refractivity contribution in [3.8, 4) is 0 Å². The molecule has 0 fully saturated rings. The van der Waals surface area contributed by atoms with Crippen molar-refractivity contribution in [2.45, 2.75) is 25.8 Å². The molecule has 1 amide bonds. The fraction of sp³-hybridized carbons (Fsp3) is 0.231. The van der Waals surface area contributed by atoms with E-state index < -0.39 is 0 Å². The van der Waals surface area contributed by atoms with E-state index in [4.69, 9.17) is 0 Å². The maximum Gasteiger partial charge on any atom is 0.252 e. The lowest BCUT2D eigenvalue weighted by atomic mass is 10.0. The molecule has 0 saturated heterocycles. The number of Topliss-reactive ketones (excluding diaryl/α,β-unsaturated/α-hetero) is 1. The number of fused-ring (bicyclic) bond motifs is 1. The second kappa shape index (κ2) is 8.95. The summed E-state index contributed by atoms with van der Waals surface area (Å²) in [4.78, 5) is 27.9. The average Bonchev–Trinajstić information content (AvgIpc) is 3.17. The van der Waals surface area contributed by atoms with Gasteiger partial charge >= 0.3 is 0 Å². The van der Waals surface area contributed by atoms with Gasteiger partial charge in [-0.1, -0.05) is 66.7 Å². The Kier molecular flexibility index (Phi) is 5.94. The first-order chi connectivity index (χ1) is 14.6. The molecule has 1 atom stereocenters. The normalized spacial score (nSPS) is 13.6. The van der Waals surface area contributed by atoms with E-state index in [9.17, 15) is 9.59 Å². The molecule has 1 heterocycles. The van der Waals surface area contributed by atoms with Crippen LogP contribution in [0.4, 0.5) is 5.69 Å². The number of ketones is 1. The summed E-state index contributed by atoms with van der Waals surface area (Å²) in [6.45, 7) is 3.20. The first kappa shape index (κ1) is 19.9. The van der Waals surface area contributed by atoms with Gasteiger partial charge in [0.05, 0.1) is 12.6 Å². The molecule has 0 bridgehead atoms. The SMILES string of the molecule is CC(NC(=O)c1ccccc1CC(=O)CN1CCc2ccccc21)c1ccccc1. The highest BCUT2D eigenvalue weighted by Crippen LogP contribution is 2.27. The van der Waals surface area contributed by atoms with Crippen molar-refractivity contribution in [3.63, 3.8) is 0 Å². The van der Waals surface area contributed by atoms with E-state index in [1.165, 1.54) is 5.56 Å². The Morgan fingerprint density at radius 2 is 1.63 bits per heavy atom. The molecule has 1 N–H and O–H groups in total. The summed E-state index contributed by atoms with van der Waals surface area (Å²) in [5.74, 6) is -0.0377. The molecule has 0 aliphatic carbocycles. The lowest BCUT2D eigenvalue weighted by Crippen LogP contribution is -2.30. The number of nitrogens with one attached hydrogen (secondary N) is 1. The van der Waals surface area contributed by atoms with Gasteiger partial charge in [0.15, 0.2) is 5.78 Å². The van der Waals surface area contributed by atoms with Crippen LogP contribution < -0.4 is 10.2 Å². The van der Waals surface area contributed by atoms with E-state index in [-0.39, 0.29) is 24.2 Å². The molecule has 4 rings (SSSR count). The minimum Gasteiger partial charge on any atom is -0.364 e. The molecule has 1 aliphatic rings. The van der Waals surface area contributed by atoms with Crippen molar-refractivity contribution in [1.82, 2.24) is 5.32 Å². The third kappa shape index (κ3) is 4.43. The molecule has 152 valence electrons. The number of amides is 1. The van der Waals surface area contributed by atoms with Crippen molar-refractivity contribution in [2.75, 3.05) is 18.0 Å². The van der Waals surface area contributed by atoms with Gasteiger partial charge in [-0.25, -0.2) is 0 Å². The van der Waals surface area contributed by atoms with Gasteiger partial charge in [0.25, 0.3) is 5.91 Å². The largest absolute Gasteiger partial charge is 0.364 e. The summed E-state index contributed by atoms with van der Waals surface area (Å²) in [5, 5.41) is 3.05. The molecule has 4 heteroatoms. The van der Waals surface area contributed by atoms with Gasteiger partial charge in [0.1, 0.15) is 0 Å². The number of rotatable bonds is 7. The lowest BCUT2D eigenvalue weighted by molar-refractivity contribution is -0.117. The molecule has 1 aliphatic heterocycles. The van der Waals surface area contributed by atoms with Crippen molar-refractivity contribution < 1.29 is 9.59 Å². The van der Waals surface area contributed by atoms with Crippen molar-refractivity contribution in [3.05, 3.63) is 101 Å². The molecule has 0 radical (unpaired) electrons. The second-order valence-electron chi connectivity index (χ2n) is 7.78. The number of carbonyl (C=O) groups is 2. The van der Waals surface area contributed by atoms with Crippen molar-refractivity contribution >= 4 is 17.4 Å². The van der Waals surface area contributed by atoms with Gasteiger partial charge in [-0.05, 0) is 42.2 Å². The zero-order valence-corrected chi connectivity index (χ0v) is 17.2. The average molecular weight is 399 g/mol. The first-order valence-electron chi connectivity index (χ1n) is 10.4. The van der Waals surface area contributed by atoms with Crippen LogP contribution >= 0.6 is 0 Å². The van der Waals surface area contributed by atoms with Gasteiger partial charge in [0.2, 0.25) is 0 Å². The second-order valence-corrected chi connectivity index (χ2v) is 7.78. The van der Waals surface area contributed by atoms with Crippen LogP contribution in [0.2, 0.25) is 0 Å². The Morgan fingerprint density at radius 1 is 0.933 bits per heavy atom. The molecule has 3 aromatic rings. The van der Waals surface area contributed by atoms with E-state index in [0.29, 0.717) is 12.1 Å². The molecular weight excluding hydrogens is 372 g/mol. The quantitative estimate of drug-likeness (QED) is 0.644. The number of para-hydroxylation sites is 1. The van der Waals surface area contributed by atoms with Crippen molar-refractivity contribution in [2.24, 2.45) is 0 Å². The topological polar surface area (TPSA) is 49.4 Å². The fourth-order valence-electron chi connectivity index (χ4n) is 4.05. The van der Waals surface area contributed by atoms with Gasteiger partial charge in [-0.15, -0.1) is 0 Å². The number of carbonyl (C=O) groups excluding carboxylic acids is 2. The van der Waals surface area contributed by atoms with Crippen molar-refractivity contribution in [1.29, 1.82) is 0 Å². The monoisotopic (exact) mass is 398 g/mol. The third-order valence-electron chi connectivity index (χ3n) is 5.65. The lowest BCUT2D eigenvalue weighted by Gasteiger charge is -2.19. The molecule has 0 spiro atoms. The van der Waals surface area contributed by atoms with Crippen LogP contribution in [0.1, 0.15) is 40.0 Å². The fourth-order valence-corrected chi connectivity index (χ4v) is 4.05. The molecule has 0 saturated carbocycles. The maximum absolute atomic E-state index is 12.9. The number of benzene rings is 3. The maximum atomic E-state index is 12.9. The third-order valence-corrected chi connectivity index (χ3v) is 5.65. The summed E-state index contributed by atoms with van der Waals surface area (Å²) in [6, 6.07) is 25.4. The molecule has 0 aromatic heterocycles. The van der Waals surface area contributed by atoms with E-state index in [1.54, 1.807) is 6.07 Å². The molecule has 3 aromatic carbocycles. The predicted molar refractivity (Wildman–Crippen MR) is 120 cm³/mol. The Balaban J connectivity index is 1.43. The number of hydrogen-bond acceptors (Lipinski definition) is 3. The summed E-state index contributed by atoms with van der Waals surface area (Å²) in [5.41, 5.74) is 4.82. The number of hydrogen-bond donors (Lipinski definition) is 1. The molecule has 30 heavy (non-hydrogen) atoms. The van der Waals surface area contributed by atoms with E-state index in [1.807, 2.05) is 67.6 Å². The van der Waals surface area contributed by atoms with Crippen LogP contribution in [0.15, 0.2) is 78.9 Å². The van der Waals surface area contributed by atoms with Crippen LogP contribution in [0.25, 0.3) is 0 Å². The number of nitrogens with zero attached hydrogens (tertiary/aromatic N) is 1. The predicted octanol–water partition coefficient (Wildman–Crippen LogP) is 4.35. The van der Waals surface area contributed by atoms with E-state index >= 15 is 0 Å². The van der Waals surface area contributed by atoms with Crippen LogP contribution in [0.3, 0.4) is 0 Å². The highest BCUT2D eigenvalue weighted by Gasteiger charge is 2.22. The molecule has 1 unspecified atom stereocenters. The summed E-state index contributed by atoms with van der Waals surface area (Å²) in [6.07, 6.45) is 1.22. The Labute approximate surface area is 177 Å². The zero-order chi connectivity index (χ0) is 20.9. The summed E-state index contributed by atoms with van der Waals surface area (Å²) < 4.78 is 0. The summed E-state index contributed by atoms with van der Waals surface area (Å²) >= 11 is 0. The highest BCUT2D eigenvalue weighted by molar-refractivity contribution is 5.98. The van der Waals surface area contributed by atoms with Gasteiger partial charge < -0.3 is 10.2 Å². The van der Waals surface area contributed by atoms with Gasteiger partial charge in [0, 0.05) is 24.2 Å². The first-order valence-corrected chi connectivity index (χ1v) is 10.4. The van der Waals surface area contributed by atoms with Gasteiger partial charge in [-0.3, -0.25) is 9.59 Å². The van der Waals surface area contributed by atoms with Crippen LogP contribution in [0.5, 0.6) is 0 Å². The smallest absolute Gasteiger partial charge is 0.252 e. The number of anilines is 1. The standard InChI is InChI=1S/C26H26N2O2/c1-19(20-9-3-2-4-10-20)27-26(30)24-13-7-5-12-22(24)17-23(29)18-28-16-15-21-11-6-8-14-25(21)28/h2-14,19H,15-18H2,1H3,(H,27,30). The minimum absolute atomic E-state index is 0.108. The molecular formula is C26H26N2O2. The van der Waals surface area contributed by atoms with E-state index in [2.05, 4.69) is 22.3 Å². The zero-order valence-electron chi connectivity index (χ0n) is 17.2. The highest BCUT2D eigenvalue weighted by atomic mass is 16.1. The Morgan fingerprint density at radius 3 is 2.47 bits per heavy atom. The van der Waals surface area contributed by atoms with E-state index in [0.717, 1.165) is 29.8 Å². The molecule has 4 nitrogen and oxygen atoms in total. The van der Waals surface area contributed by atoms with Crippen LogP contribution in [-0.2, 0) is 17.6 Å². The Bertz CT molecular complexity index is 1050. The van der Waals surface area contributed by atoms with Crippen LogP contribution in [0, 0.1) is 0 Å². The summed E-state index contributed by atoms with van der Waals surface area (Å²) in [7, 11) is 0. The van der Waals surface area contributed by atoms with Gasteiger partial charge in [-0.2, -0.15) is 0 Å². The minimum atomic E-state index is -0.152. The van der Waals surface area contributed by atoms with Crippen LogP contribution in [-0.4, -0.2) is 24.8 Å².